The van der Waals surface area contributed by atoms with E-state index in [2.05, 4.69) is 46.8 Å². The zero-order valence-corrected chi connectivity index (χ0v) is 18.6. The van der Waals surface area contributed by atoms with Gasteiger partial charge in [-0.1, -0.05) is 59.6 Å². The van der Waals surface area contributed by atoms with Crippen LogP contribution in [0.1, 0.15) is 108 Å². The van der Waals surface area contributed by atoms with Gasteiger partial charge in [-0.15, -0.1) is 0 Å². The third kappa shape index (κ3) is 3.40. The van der Waals surface area contributed by atoms with Crippen molar-refractivity contribution in [2.45, 2.75) is 105 Å². The molecule has 0 saturated heterocycles. The minimum atomic E-state index is 0.552. The molecule has 0 unspecified atom stereocenters. The molecule has 1 aromatic carbocycles. The van der Waals surface area contributed by atoms with Crippen LogP contribution in [-0.2, 0) is 19.3 Å². The molecule has 1 fully saturated rings. The van der Waals surface area contributed by atoms with Crippen LogP contribution in [0.2, 0.25) is 0 Å². The quantitative estimate of drug-likeness (QED) is 0.500. The second-order valence-corrected chi connectivity index (χ2v) is 11.0. The van der Waals surface area contributed by atoms with Crippen molar-refractivity contribution in [1.29, 1.82) is 0 Å². The van der Waals surface area contributed by atoms with E-state index in [1.165, 1.54) is 64.2 Å². The van der Waals surface area contributed by atoms with Gasteiger partial charge in [-0.3, -0.25) is 0 Å². The summed E-state index contributed by atoms with van der Waals surface area (Å²) in [5.41, 5.74) is 7.60. The average molecular weight is 367 g/mol. The van der Waals surface area contributed by atoms with E-state index in [0.29, 0.717) is 5.41 Å². The van der Waals surface area contributed by atoms with Gasteiger partial charge in [-0.05, 0) is 109 Å². The molecule has 0 amide bonds. The zero-order valence-electron chi connectivity index (χ0n) is 18.6. The van der Waals surface area contributed by atoms with Crippen molar-refractivity contribution in [2.75, 3.05) is 0 Å². The van der Waals surface area contributed by atoms with E-state index in [4.69, 9.17) is 0 Å². The van der Waals surface area contributed by atoms with Crippen LogP contribution < -0.4 is 0 Å². The lowest BCUT2D eigenvalue weighted by Crippen LogP contribution is -2.36. The van der Waals surface area contributed by atoms with Gasteiger partial charge in [-0.2, -0.15) is 0 Å². The van der Waals surface area contributed by atoms with Crippen molar-refractivity contribution in [3.8, 4) is 0 Å². The summed E-state index contributed by atoms with van der Waals surface area (Å²) in [5.74, 6) is 4.36. The standard InChI is InChI=1S/C27H42/c1-18(2)19(3)10-11-20(4)25-14-15-26-24-13-12-21-8-6-7-9-22(21)23(24)16-17-27(25,26)5/h12-13,18-20,25-26H,6-11,14-17H2,1-5H3/t19-,20+,25-,26+,27-/m0/s1. The van der Waals surface area contributed by atoms with Crippen LogP contribution in [0.5, 0.6) is 0 Å². The molecule has 0 spiro atoms. The fourth-order valence-corrected chi connectivity index (χ4v) is 7.07. The van der Waals surface area contributed by atoms with Crippen molar-refractivity contribution >= 4 is 0 Å². The normalized spacial score (nSPS) is 31.9. The molecule has 0 aromatic heterocycles. The van der Waals surface area contributed by atoms with E-state index < -0.39 is 0 Å². The summed E-state index contributed by atoms with van der Waals surface area (Å²) in [4.78, 5) is 0. The first-order chi connectivity index (χ1) is 12.9. The van der Waals surface area contributed by atoms with Crippen molar-refractivity contribution < 1.29 is 0 Å². The van der Waals surface area contributed by atoms with Crippen molar-refractivity contribution in [1.82, 2.24) is 0 Å². The molecular weight excluding hydrogens is 324 g/mol. The van der Waals surface area contributed by atoms with E-state index in [1.54, 1.807) is 22.3 Å². The minimum absolute atomic E-state index is 0.552. The summed E-state index contributed by atoms with van der Waals surface area (Å²) < 4.78 is 0. The number of aryl methyl sites for hydroxylation is 1. The van der Waals surface area contributed by atoms with Crippen LogP contribution in [0.25, 0.3) is 0 Å². The fourth-order valence-electron chi connectivity index (χ4n) is 7.07. The van der Waals surface area contributed by atoms with E-state index in [-0.39, 0.29) is 0 Å². The summed E-state index contributed by atoms with van der Waals surface area (Å²) in [7, 11) is 0. The van der Waals surface area contributed by atoms with Crippen LogP contribution in [0, 0.1) is 29.1 Å². The molecule has 0 nitrogen and oxygen atoms in total. The number of hydrogen-bond acceptors (Lipinski definition) is 0. The summed E-state index contributed by atoms with van der Waals surface area (Å²) in [6.07, 6.45) is 14.1. The van der Waals surface area contributed by atoms with E-state index in [1.807, 2.05) is 0 Å². The van der Waals surface area contributed by atoms with Crippen LogP contribution in [-0.4, -0.2) is 0 Å². The molecule has 5 atom stereocenters. The maximum Gasteiger partial charge on any atom is -0.0102 e. The predicted molar refractivity (Wildman–Crippen MR) is 117 cm³/mol. The Bertz CT molecular complexity index is 669. The topological polar surface area (TPSA) is 0 Å². The highest BCUT2D eigenvalue weighted by Gasteiger charge is 2.51. The first-order valence-corrected chi connectivity index (χ1v) is 12.0. The molecule has 0 aliphatic heterocycles. The third-order valence-corrected chi connectivity index (χ3v) is 9.29. The Labute approximate surface area is 168 Å². The molecule has 0 bridgehead atoms. The van der Waals surface area contributed by atoms with Crippen LogP contribution in [0.3, 0.4) is 0 Å². The molecule has 27 heavy (non-hydrogen) atoms. The van der Waals surface area contributed by atoms with Crippen molar-refractivity contribution in [3.63, 3.8) is 0 Å². The van der Waals surface area contributed by atoms with Crippen molar-refractivity contribution in [2.24, 2.45) is 29.1 Å². The highest BCUT2D eigenvalue weighted by atomic mass is 14.5. The summed E-state index contributed by atoms with van der Waals surface area (Å²) in [5, 5.41) is 0. The smallest absolute Gasteiger partial charge is 0.0102 e. The van der Waals surface area contributed by atoms with Gasteiger partial charge in [0.05, 0.1) is 0 Å². The first-order valence-electron chi connectivity index (χ1n) is 12.0. The Morgan fingerprint density at radius 2 is 1.70 bits per heavy atom. The summed E-state index contributed by atoms with van der Waals surface area (Å²) in [6, 6.07) is 5.08. The molecule has 0 N–H and O–H groups in total. The molecule has 1 aromatic rings. The number of fused-ring (bicyclic) bond motifs is 5. The Kier molecular flexibility index (Phi) is 5.47. The maximum atomic E-state index is 2.67. The summed E-state index contributed by atoms with van der Waals surface area (Å²) >= 11 is 0. The fraction of sp³-hybridized carbons (Fsp3) is 0.778. The highest BCUT2D eigenvalue weighted by molar-refractivity contribution is 5.47. The van der Waals surface area contributed by atoms with Gasteiger partial charge in [-0.25, -0.2) is 0 Å². The second-order valence-electron chi connectivity index (χ2n) is 11.0. The SMILES string of the molecule is CC(C)[C@@H](C)CC[C@@H](C)[C@@H]1CC[C@@H]2c3ccc4c(c3CC[C@]21C)CCCC4. The molecule has 1 saturated carbocycles. The molecule has 4 rings (SSSR count). The molecule has 150 valence electrons. The number of hydrogen-bond donors (Lipinski definition) is 0. The number of benzene rings is 1. The Morgan fingerprint density at radius 1 is 0.926 bits per heavy atom. The second kappa shape index (κ2) is 7.57. The molecule has 3 aliphatic rings. The lowest BCUT2D eigenvalue weighted by atomic mass is 9.59. The van der Waals surface area contributed by atoms with Crippen LogP contribution in [0.4, 0.5) is 0 Å². The van der Waals surface area contributed by atoms with Gasteiger partial charge in [0.1, 0.15) is 0 Å². The van der Waals surface area contributed by atoms with Crippen molar-refractivity contribution in [3.05, 3.63) is 34.4 Å². The number of rotatable bonds is 5. The highest BCUT2D eigenvalue weighted by Crippen LogP contribution is 2.61. The summed E-state index contributed by atoms with van der Waals surface area (Å²) in [6.45, 7) is 12.5. The lowest BCUT2D eigenvalue weighted by molar-refractivity contribution is 0.115. The zero-order chi connectivity index (χ0) is 19.2. The Hall–Kier alpha value is -0.780. The largest absolute Gasteiger partial charge is 0.0625 e. The van der Waals surface area contributed by atoms with Gasteiger partial charge in [0, 0.05) is 0 Å². The van der Waals surface area contributed by atoms with E-state index in [0.717, 1.165) is 29.6 Å². The monoisotopic (exact) mass is 366 g/mol. The molecular formula is C27H42. The maximum absolute atomic E-state index is 2.67. The lowest BCUT2D eigenvalue weighted by Gasteiger charge is -2.45. The van der Waals surface area contributed by atoms with Gasteiger partial charge in [0.2, 0.25) is 0 Å². The van der Waals surface area contributed by atoms with Crippen LogP contribution in [0.15, 0.2) is 12.1 Å². The van der Waals surface area contributed by atoms with Crippen LogP contribution >= 0.6 is 0 Å². The first kappa shape index (κ1) is 19.5. The Morgan fingerprint density at radius 3 is 2.48 bits per heavy atom. The van der Waals surface area contributed by atoms with Gasteiger partial charge in [0.15, 0.2) is 0 Å². The minimum Gasteiger partial charge on any atom is -0.0625 e. The molecule has 0 heteroatoms. The van der Waals surface area contributed by atoms with Gasteiger partial charge >= 0.3 is 0 Å². The molecule has 3 aliphatic carbocycles. The van der Waals surface area contributed by atoms with E-state index >= 15 is 0 Å². The molecule has 0 radical (unpaired) electrons. The predicted octanol–water partition coefficient (Wildman–Crippen LogP) is 7.72. The van der Waals surface area contributed by atoms with E-state index in [9.17, 15) is 0 Å². The molecule has 0 heterocycles. The van der Waals surface area contributed by atoms with Gasteiger partial charge < -0.3 is 0 Å². The third-order valence-electron chi connectivity index (χ3n) is 9.29. The average Bonchev–Trinajstić information content (AvgIpc) is 3.02. The van der Waals surface area contributed by atoms with Gasteiger partial charge in [0.25, 0.3) is 0 Å². The Balaban J connectivity index is 1.54.